The number of H-pyrrole nitrogens is 1. The lowest BCUT2D eigenvalue weighted by Crippen LogP contribution is -2.32. The van der Waals surface area contributed by atoms with E-state index >= 15 is 0 Å². The van der Waals surface area contributed by atoms with Crippen LogP contribution in [0.1, 0.15) is 19.4 Å². The molecule has 3 rings (SSSR count). The van der Waals surface area contributed by atoms with Crippen LogP contribution in [0.4, 0.5) is 5.69 Å². The number of nitro groups is 1. The standard InChI is InChI=1S/C20H17ClN4O7/c1-3-31-19(27)11(2)32-17-12(8-13(21)9-16(17)25(29)30)10-22-24-18(26)14-6-4-5-7-15(14)23-20(24)28/h4-11H,3H2,1-2H3,(H,23,28). The van der Waals surface area contributed by atoms with E-state index in [0.29, 0.717) is 10.2 Å². The minimum Gasteiger partial charge on any atom is -0.471 e. The van der Waals surface area contributed by atoms with Crippen LogP contribution in [0.5, 0.6) is 5.75 Å². The van der Waals surface area contributed by atoms with Gasteiger partial charge in [0.15, 0.2) is 6.10 Å². The molecule has 12 heteroatoms. The fourth-order valence-corrected chi connectivity index (χ4v) is 3.04. The number of halogens is 1. The van der Waals surface area contributed by atoms with Crippen LogP contribution in [0.15, 0.2) is 51.1 Å². The third-order valence-electron chi connectivity index (χ3n) is 4.27. The van der Waals surface area contributed by atoms with E-state index in [9.17, 15) is 24.5 Å². The summed E-state index contributed by atoms with van der Waals surface area (Å²) >= 11 is 5.99. The molecule has 0 bridgehead atoms. The summed E-state index contributed by atoms with van der Waals surface area (Å²) in [7, 11) is 0. The lowest BCUT2D eigenvalue weighted by Gasteiger charge is -2.15. The third kappa shape index (κ3) is 4.67. The van der Waals surface area contributed by atoms with Gasteiger partial charge in [0.2, 0.25) is 5.75 Å². The second kappa shape index (κ2) is 9.43. The molecule has 0 spiro atoms. The number of carbonyl (C=O) groups excluding carboxylic acids is 1. The largest absolute Gasteiger partial charge is 0.471 e. The van der Waals surface area contributed by atoms with Crippen molar-refractivity contribution in [3.63, 3.8) is 0 Å². The Morgan fingerprint density at radius 3 is 2.75 bits per heavy atom. The number of para-hydroxylation sites is 1. The van der Waals surface area contributed by atoms with Gasteiger partial charge < -0.3 is 14.5 Å². The molecule has 32 heavy (non-hydrogen) atoms. The van der Waals surface area contributed by atoms with Crippen molar-refractivity contribution in [2.24, 2.45) is 5.10 Å². The highest BCUT2D eigenvalue weighted by Crippen LogP contribution is 2.34. The summed E-state index contributed by atoms with van der Waals surface area (Å²) in [4.78, 5) is 50.2. The number of rotatable bonds is 7. The Hall–Kier alpha value is -3.99. The predicted octanol–water partition coefficient (Wildman–Crippen LogP) is 2.46. The zero-order valence-corrected chi connectivity index (χ0v) is 17.7. The Balaban J connectivity index is 2.12. The molecule has 3 aromatic rings. The Morgan fingerprint density at radius 1 is 1.34 bits per heavy atom. The summed E-state index contributed by atoms with van der Waals surface area (Å²) in [5, 5.41) is 15.6. The minimum atomic E-state index is -1.19. The molecular weight excluding hydrogens is 444 g/mol. The van der Waals surface area contributed by atoms with Gasteiger partial charge in [-0.15, -0.1) is 4.68 Å². The molecule has 0 amide bonds. The number of nitro benzene ring substituents is 1. The monoisotopic (exact) mass is 460 g/mol. The maximum atomic E-state index is 12.6. The van der Waals surface area contributed by atoms with Gasteiger partial charge in [-0.05, 0) is 32.0 Å². The highest BCUT2D eigenvalue weighted by atomic mass is 35.5. The first kappa shape index (κ1) is 22.7. The Kier molecular flexibility index (Phi) is 6.69. The van der Waals surface area contributed by atoms with E-state index < -0.39 is 33.9 Å². The lowest BCUT2D eigenvalue weighted by molar-refractivity contribution is -0.386. The molecular formula is C20H17ClN4O7. The maximum Gasteiger partial charge on any atom is 0.349 e. The van der Waals surface area contributed by atoms with Crippen LogP contribution in [0.3, 0.4) is 0 Å². The summed E-state index contributed by atoms with van der Waals surface area (Å²) in [5.74, 6) is -1.06. The first-order valence-corrected chi connectivity index (χ1v) is 9.70. The van der Waals surface area contributed by atoms with E-state index in [0.717, 1.165) is 12.3 Å². The molecule has 1 aromatic heterocycles. The van der Waals surface area contributed by atoms with Crippen LogP contribution in [-0.2, 0) is 9.53 Å². The maximum absolute atomic E-state index is 12.6. The number of hydrogen-bond donors (Lipinski definition) is 1. The molecule has 0 aliphatic carbocycles. The summed E-state index contributed by atoms with van der Waals surface area (Å²) in [5.41, 5.74) is -1.74. The second-order valence-electron chi connectivity index (χ2n) is 6.45. The van der Waals surface area contributed by atoms with Gasteiger partial charge >= 0.3 is 17.3 Å². The van der Waals surface area contributed by atoms with Crippen molar-refractivity contribution in [1.82, 2.24) is 9.66 Å². The van der Waals surface area contributed by atoms with Crippen molar-refractivity contribution in [3.05, 3.63) is 77.9 Å². The molecule has 0 fully saturated rings. The summed E-state index contributed by atoms with van der Waals surface area (Å²) in [6, 6.07) is 8.69. The fourth-order valence-electron chi connectivity index (χ4n) is 2.82. The molecule has 0 aliphatic heterocycles. The first-order valence-electron chi connectivity index (χ1n) is 9.32. The number of nitrogens with one attached hydrogen (secondary N) is 1. The number of benzene rings is 2. The number of carbonyl (C=O) groups is 1. The Morgan fingerprint density at radius 2 is 2.06 bits per heavy atom. The third-order valence-corrected chi connectivity index (χ3v) is 4.49. The van der Waals surface area contributed by atoms with E-state index in [2.05, 4.69) is 10.1 Å². The SMILES string of the molecule is CCOC(=O)C(C)Oc1c(C=Nn2c(=O)[nH]c3ccccc3c2=O)cc(Cl)cc1[N+](=O)[O-]. The molecule has 0 saturated carbocycles. The predicted molar refractivity (Wildman–Crippen MR) is 117 cm³/mol. The molecule has 0 aliphatic rings. The number of hydrogen-bond acceptors (Lipinski definition) is 8. The van der Waals surface area contributed by atoms with Gasteiger partial charge in [0.25, 0.3) is 5.56 Å². The van der Waals surface area contributed by atoms with Crippen LogP contribution in [0.2, 0.25) is 5.02 Å². The van der Waals surface area contributed by atoms with Crippen molar-refractivity contribution < 1.29 is 19.2 Å². The van der Waals surface area contributed by atoms with Crippen molar-refractivity contribution in [2.75, 3.05) is 6.61 Å². The average Bonchev–Trinajstić information content (AvgIpc) is 2.74. The highest BCUT2D eigenvalue weighted by molar-refractivity contribution is 6.31. The van der Waals surface area contributed by atoms with Gasteiger partial charge in [-0.3, -0.25) is 14.9 Å². The number of aromatic amines is 1. The number of aromatic nitrogens is 2. The van der Waals surface area contributed by atoms with Crippen LogP contribution in [0.25, 0.3) is 10.9 Å². The van der Waals surface area contributed by atoms with E-state index in [1.54, 1.807) is 25.1 Å². The molecule has 1 unspecified atom stereocenters. The van der Waals surface area contributed by atoms with Crippen LogP contribution in [-0.4, -0.2) is 39.5 Å². The molecule has 11 nitrogen and oxygen atoms in total. The number of ether oxygens (including phenoxy) is 2. The number of fused-ring (bicyclic) bond motifs is 1. The summed E-state index contributed by atoms with van der Waals surface area (Å²) in [6.45, 7) is 3.05. The zero-order chi connectivity index (χ0) is 23.4. The smallest absolute Gasteiger partial charge is 0.349 e. The zero-order valence-electron chi connectivity index (χ0n) is 16.9. The minimum absolute atomic E-state index is 0.0194. The second-order valence-corrected chi connectivity index (χ2v) is 6.89. The van der Waals surface area contributed by atoms with Crippen molar-refractivity contribution >= 4 is 40.4 Å². The van der Waals surface area contributed by atoms with Crippen LogP contribution < -0.4 is 16.0 Å². The first-order chi connectivity index (χ1) is 15.2. The van der Waals surface area contributed by atoms with E-state index in [1.165, 1.54) is 19.1 Å². The van der Waals surface area contributed by atoms with Gasteiger partial charge in [-0.2, -0.15) is 5.10 Å². The molecule has 166 valence electrons. The highest BCUT2D eigenvalue weighted by Gasteiger charge is 2.25. The Bertz CT molecular complexity index is 1350. The molecule has 1 heterocycles. The van der Waals surface area contributed by atoms with Gasteiger partial charge in [-0.1, -0.05) is 23.7 Å². The number of nitrogens with zero attached hydrogens (tertiary/aromatic N) is 3. The van der Waals surface area contributed by atoms with Crippen LogP contribution >= 0.6 is 11.6 Å². The van der Waals surface area contributed by atoms with E-state index in [-0.39, 0.29) is 28.3 Å². The van der Waals surface area contributed by atoms with Crippen molar-refractivity contribution in [3.8, 4) is 5.75 Å². The Labute approximate surface area is 185 Å². The summed E-state index contributed by atoms with van der Waals surface area (Å²) in [6.07, 6.45) is -0.175. The molecule has 2 aromatic carbocycles. The van der Waals surface area contributed by atoms with Crippen molar-refractivity contribution in [2.45, 2.75) is 20.0 Å². The van der Waals surface area contributed by atoms with Crippen molar-refractivity contribution in [1.29, 1.82) is 0 Å². The molecule has 0 radical (unpaired) electrons. The van der Waals surface area contributed by atoms with Crippen LogP contribution in [0, 0.1) is 10.1 Å². The van der Waals surface area contributed by atoms with Gasteiger partial charge in [-0.25, -0.2) is 9.59 Å². The van der Waals surface area contributed by atoms with Gasteiger partial charge in [0, 0.05) is 16.7 Å². The topological polar surface area (TPSA) is 146 Å². The lowest BCUT2D eigenvalue weighted by atomic mass is 10.2. The molecule has 0 saturated heterocycles. The summed E-state index contributed by atoms with van der Waals surface area (Å²) < 4.78 is 10.9. The van der Waals surface area contributed by atoms with E-state index in [1.807, 2.05) is 0 Å². The normalized spacial score (nSPS) is 12.1. The van der Waals surface area contributed by atoms with Gasteiger partial charge in [0.05, 0.1) is 28.6 Å². The average molecular weight is 461 g/mol. The fraction of sp³-hybridized carbons (Fsp3) is 0.200. The molecule has 1 atom stereocenters. The van der Waals surface area contributed by atoms with E-state index in [4.69, 9.17) is 21.1 Å². The van der Waals surface area contributed by atoms with Gasteiger partial charge in [0.1, 0.15) is 0 Å². The quantitative estimate of drug-likeness (QED) is 0.246. The molecule has 1 N–H and O–H groups in total. The number of esters is 1.